The van der Waals surface area contributed by atoms with Gasteiger partial charge >= 0.3 is 0 Å². The maximum Gasteiger partial charge on any atom is 0.251 e. The highest BCUT2D eigenvalue weighted by Crippen LogP contribution is 2.23. The van der Waals surface area contributed by atoms with Crippen molar-refractivity contribution in [3.8, 4) is 0 Å². The first-order chi connectivity index (χ1) is 12.5. The first-order valence-electron chi connectivity index (χ1n) is 9.78. The fourth-order valence-corrected chi connectivity index (χ4v) is 4.12. The lowest BCUT2D eigenvalue weighted by molar-refractivity contribution is -0.127. The van der Waals surface area contributed by atoms with Gasteiger partial charge in [-0.3, -0.25) is 14.5 Å². The van der Waals surface area contributed by atoms with Crippen LogP contribution < -0.4 is 10.9 Å². The number of hydrogen-bond donors (Lipinski definition) is 2. The zero-order valence-corrected chi connectivity index (χ0v) is 16.0. The monoisotopic (exact) mass is 361 g/mol. The number of rotatable bonds is 5. The standard InChI is InChI=1S/C19H31N5O2/c1-14-12-18(25)22-17(21-14)5-8-20-19(26)15-4-3-9-24(13-15)16-6-10-23(2)11-7-16/h12,15-16H,3-11,13H2,1-2H3,(H,20,26)(H,21,22,25). The number of H-pyrrole nitrogens is 1. The Balaban J connectivity index is 1.46. The summed E-state index contributed by atoms with van der Waals surface area (Å²) < 4.78 is 0. The molecule has 0 radical (unpaired) electrons. The average Bonchev–Trinajstić information content (AvgIpc) is 2.61. The van der Waals surface area contributed by atoms with E-state index < -0.39 is 0 Å². The molecule has 2 saturated heterocycles. The predicted molar refractivity (Wildman–Crippen MR) is 101 cm³/mol. The Kier molecular flexibility index (Phi) is 6.43. The molecule has 0 saturated carbocycles. The van der Waals surface area contributed by atoms with Crippen LogP contribution in [0.1, 0.15) is 37.2 Å². The molecule has 3 heterocycles. The number of piperidine rings is 2. The molecule has 0 aliphatic carbocycles. The molecule has 2 N–H and O–H groups in total. The van der Waals surface area contributed by atoms with Gasteiger partial charge in [0.2, 0.25) is 5.91 Å². The maximum atomic E-state index is 12.6. The summed E-state index contributed by atoms with van der Waals surface area (Å²) in [5, 5.41) is 3.03. The minimum Gasteiger partial charge on any atom is -0.355 e. The number of carbonyl (C=O) groups is 1. The van der Waals surface area contributed by atoms with Crippen LogP contribution in [0.3, 0.4) is 0 Å². The Hall–Kier alpha value is -1.73. The quantitative estimate of drug-likeness (QED) is 0.800. The zero-order chi connectivity index (χ0) is 18.5. The van der Waals surface area contributed by atoms with E-state index in [1.165, 1.54) is 18.9 Å². The van der Waals surface area contributed by atoms with Gasteiger partial charge in [0.25, 0.3) is 5.56 Å². The highest BCUT2D eigenvalue weighted by Gasteiger charge is 2.30. The van der Waals surface area contributed by atoms with Crippen LogP contribution in [0.4, 0.5) is 0 Å². The second-order valence-corrected chi connectivity index (χ2v) is 7.74. The molecule has 2 fully saturated rings. The van der Waals surface area contributed by atoms with Crippen molar-refractivity contribution < 1.29 is 4.79 Å². The molecule has 2 aliphatic heterocycles. The van der Waals surface area contributed by atoms with Gasteiger partial charge in [-0.25, -0.2) is 4.98 Å². The third kappa shape index (κ3) is 5.14. The van der Waals surface area contributed by atoms with Crippen molar-refractivity contribution in [2.24, 2.45) is 5.92 Å². The molecule has 2 aliphatic rings. The largest absolute Gasteiger partial charge is 0.355 e. The van der Waals surface area contributed by atoms with Crippen LogP contribution in [0.15, 0.2) is 10.9 Å². The summed E-state index contributed by atoms with van der Waals surface area (Å²) in [5.74, 6) is 0.845. The summed E-state index contributed by atoms with van der Waals surface area (Å²) in [6.07, 6.45) is 5.02. The van der Waals surface area contributed by atoms with Crippen molar-refractivity contribution in [1.82, 2.24) is 25.1 Å². The number of likely N-dealkylation sites (tertiary alicyclic amines) is 2. The number of nitrogens with zero attached hydrogens (tertiary/aromatic N) is 3. The molecule has 0 aromatic carbocycles. The van der Waals surface area contributed by atoms with Gasteiger partial charge in [0.05, 0.1) is 5.92 Å². The summed E-state index contributed by atoms with van der Waals surface area (Å²) in [4.78, 5) is 36.0. The number of nitrogens with one attached hydrogen (secondary N) is 2. The van der Waals surface area contributed by atoms with E-state index in [2.05, 4.69) is 32.1 Å². The molecule has 1 atom stereocenters. The summed E-state index contributed by atoms with van der Waals surface area (Å²) in [6, 6.07) is 2.10. The number of carbonyl (C=O) groups excluding carboxylic acids is 1. The summed E-state index contributed by atoms with van der Waals surface area (Å²) in [5.41, 5.74) is 0.566. The summed E-state index contributed by atoms with van der Waals surface area (Å²) in [6.45, 7) is 6.61. The van der Waals surface area contributed by atoms with Crippen LogP contribution in [-0.4, -0.2) is 71.5 Å². The van der Waals surface area contributed by atoms with E-state index in [9.17, 15) is 9.59 Å². The molecule has 1 unspecified atom stereocenters. The summed E-state index contributed by atoms with van der Waals surface area (Å²) in [7, 11) is 2.18. The highest BCUT2D eigenvalue weighted by atomic mass is 16.2. The fourth-order valence-electron chi connectivity index (χ4n) is 4.12. The first-order valence-corrected chi connectivity index (χ1v) is 9.78. The van der Waals surface area contributed by atoms with Crippen LogP contribution in [0.25, 0.3) is 0 Å². The maximum absolute atomic E-state index is 12.6. The van der Waals surface area contributed by atoms with E-state index >= 15 is 0 Å². The molecular formula is C19H31N5O2. The van der Waals surface area contributed by atoms with E-state index in [-0.39, 0.29) is 17.4 Å². The topological polar surface area (TPSA) is 81.3 Å². The van der Waals surface area contributed by atoms with Crippen molar-refractivity contribution in [1.29, 1.82) is 0 Å². The van der Waals surface area contributed by atoms with Gasteiger partial charge in [0, 0.05) is 37.3 Å². The number of aromatic amines is 1. The van der Waals surface area contributed by atoms with E-state index in [0.29, 0.717) is 30.5 Å². The highest BCUT2D eigenvalue weighted by molar-refractivity contribution is 5.78. The molecule has 3 rings (SSSR count). The molecule has 1 amide bonds. The molecule has 1 aromatic rings. The van der Waals surface area contributed by atoms with Gasteiger partial charge in [0.15, 0.2) is 0 Å². The average molecular weight is 361 g/mol. The van der Waals surface area contributed by atoms with Gasteiger partial charge in [-0.2, -0.15) is 0 Å². The molecule has 0 bridgehead atoms. The van der Waals surface area contributed by atoms with Crippen LogP contribution in [0, 0.1) is 12.8 Å². The van der Waals surface area contributed by atoms with Crippen molar-refractivity contribution in [3.05, 3.63) is 27.9 Å². The van der Waals surface area contributed by atoms with Gasteiger partial charge in [0.1, 0.15) is 5.82 Å². The van der Waals surface area contributed by atoms with Crippen LogP contribution in [0.5, 0.6) is 0 Å². The van der Waals surface area contributed by atoms with Crippen LogP contribution >= 0.6 is 0 Å². The third-order valence-electron chi connectivity index (χ3n) is 5.61. The predicted octanol–water partition coefficient (Wildman–Crippen LogP) is 0.543. The van der Waals surface area contributed by atoms with Crippen molar-refractivity contribution in [2.75, 3.05) is 39.8 Å². The van der Waals surface area contributed by atoms with E-state index in [1.807, 2.05) is 0 Å². The Bertz CT molecular complexity index is 666. The Labute approximate surface area is 155 Å². The van der Waals surface area contributed by atoms with Crippen molar-refractivity contribution >= 4 is 5.91 Å². The lowest BCUT2D eigenvalue weighted by Gasteiger charge is -2.41. The van der Waals surface area contributed by atoms with Crippen molar-refractivity contribution in [2.45, 2.75) is 45.1 Å². The second-order valence-electron chi connectivity index (χ2n) is 7.74. The van der Waals surface area contributed by atoms with Crippen LogP contribution in [0.2, 0.25) is 0 Å². The Morgan fingerprint density at radius 2 is 2.08 bits per heavy atom. The number of amides is 1. The smallest absolute Gasteiger partial charge is 0.251 e. The van der Waals surface area contributed by atoms with Gasteiger partial charge in [-0.1, -0.05) is 0 Å². The minimum atomic E-state index is -0.139. The van der Waals surface area contributed by atoms with Gasteiger partial charge in [-0.05, 0) is 59.3 Å². The molecule has 144 valence electrons. The molecule has 1 aromatic heterocycles. The normalized spacial score (nSPS) is 23.1. The molecule has 7 heteroatoms. The number of hydrogen-bond acceptors (Lipinski definition) is 5. The SMILES string of the molecule is Cc1cc(=O)[nH]c(CCNC(=O)C2CCCN(C3CCN(C)CC3)C2)n1. The van der Waals surface area contributed by atoms with Crippen molar-refractivity contribution in [3.63, 3.8) is 0 Å². The van der Waals surface area contributed by atoms with Crippen LogP contribution in [-0.2, 0) is 11.2 Å². The van der Waals surface area contributed by atoms with Gasteiger partial charge < -0.3 is 15.2 Å². The Morgan fingerprint density at radius 3 is 2.81 bits per heavy atom. The van der Waals surface area contributed by atoms with Gasteiger partial charge in [-0.15, -0.1) is 0 Å². The second kappa shape index (κ2) is 8.77. The minimum absolute atomic E-state index is 0.0768. The fraction of sp³-hybridized carbons (Fsp3) is 0.737. The third-order valence-corrected chi connectivity index (χ3v) is 5.61. The van der Waals surface area contributed by atoms with E-state index in [1.54, 1.807) is 6.92 Å². The van der Waals surface area contributed by atoms with E-state index in [0.717, 1.165) is 39.0 Å². The molecule has 7 nitrogen and oxygen atoms in total. The number of aromatic nitrogens is 2. The summed E-state index contributed by atoms with van der Waals surface area (Å²) >= 11 is 0. The number of aryl methyl sites for hydroxylation is 1. The molecular weight excluding hydrogens is 330 g/mol. The lowest BCUT2D eigenvalue weighted by Crippen LogP contribution is -2.50. The zero-order valence-electron chi connectivity index (χ0n) is 16.0. The lowest BCUT2D eigenvalue weighted by atomic mass is 9.93. The molecule has 0 spiro atoms. The van der Waals surface area contributed by atoms with E-state index in [4.69, 9.17) is 0 Å². The molecule has 26 heavy (non-hydrogen) atoms. The first kappa shape index (κ1) is 19.0. The Morgan fingerprint density at radius 1 is 1.31 bits per heavy atom.